The van der Waals surface area contributed by atoms with E-state index < -0.39 is 10.0 Å². The predicted molar refractivity (Wildman–Crippen MR) is 124 cm³/mol. The molecule has 6 nitrogen and oxygen atoms in total. The van der Waals surface area contributed by atoms with Crippen molar-refractivity contribution in [3.05, 3.63) is 65.4 Å². The minimum Gasteiger partial charge on any atom is -0.497 e. The van der Waals surface area contributed by atoms with Crippen molar-refractivity contribution in [2.24, 2.45) is 0 Å². The van der Waals surface area contributed by atoms with Gasteiger partial charge in [-0.15, -0.1) is 0 Å². The highest BCUT2D eigenvalue weighted by molar-refractivity contribution is 7.89. The highest BCUT2D eigenvalue weighted by Crippen LogP contribution is 2.26. The quantitative estimate of drug-likeness (QED) is 0.424. The molecule has 0 spiro atoms. The van der Waals surface area contributed by atoms with Gasteiger partial charge in [0.05, 0.1) is 17.7 Å². The van der Waals surface area contributed by atoms with Gasteiger partial charge in [0.2, 0.25) is 10.0 Å². The minimum absolute atomic E-state index is 0.296. The van der Waals surface area contributed by atoms with Crippen molar-refractivity contribution in [1.82, 2.24) is 14.9 Å². The minimum atomic E-state index is -3.55. The summed E-state index contributed by atoms with van der Waals surface area (Å²) < 4.78 is 33.3. The number of nitrogens with zero attached hydrogens (tertiary/aromatic N) is 1. The Balaban J connectivity index is 1.63. The number of methoxy groups -OCH3 is 1. The van der Waals surface area contributed by atoms with E-state index in [0.717, 1.165) is 41.1 Å². The molecule has 2 N–H and O–H groups in total. The van der Waals surface area contributed by atoms with Crippen LogP contribution in [0.3, 0.4) is 0 Å². The SMILES string of the molecule is CCCCCc1ccc(S(=O)(=O)NCCc2c(-c3ccc(OC)cc3)n[nH]c2C)cc1. The number of sulfonamides is 1. The first kappa shape index (κ1) is 23.0. The zero-order valence-electron chi connectivity index (χ0n) is 18.4. The van der Waals surface area contributed by atoms with E-state index in [1.807, 2.05) is 43.3 Å². The van der Waals surface area contributed by atoms with Crippen molar-refractivity contribution in [2.45, 2.75) is 50.8 Å². The van der Waals surface area contributed by atoms with E-state index in [0.29, 0.717) is 17.9 Å². The maximum atomic E-state index is 12.7. The molecule has 0 unspecified atom stereocenters. The molecule has 0 radical (unpaired) electrons. The zero-order valence-corrected chi connectivity index (χ0v) is 19.3. The smallest absolute Gasteiger partial charge is 0.240 e. The third-order valence-corrected chi connectivity index (χ3v) is 6.88. The fourth-order valence-electron chi connectivity index (χ4n) is 3.55. The number of aromatic nitrogens is 2. The summed E-state index contributed by atoms with van der Waals surface area (Å²) in [7, 11) is -1.92. The van der Waals surface area contributed by atoms with Crippen molar-refractivity contribution in [1.29, 1.82) is 0 Å². The second-order valence-corrected chi connectivity index (χ2v) is 9.42. The Labute approximate surface area is 185 Å². The Morgan fingerprint density at radius 1 is 1.00 bits per heavy atom. The topological polar surface area (TPSA) is 84.1 Å². The van der Waals surface area contributed by atoms with Crippen molar-refractivity contribution >= 4 is 10.0 Å². The molecular formula is C24H31N3O3S. The van der Waals surface area contributed by atoms with Crippen LogP contribution >= 0.6 is 0 Å². The Bertz CT molecular complexity index is 1070. The molecule has 0 atom stereocenters. The molecular weight excluding hydrogens is 410 g/mol. The van der Waals surface area contributed by atoms with E-state index in [9.17, 15) is 8.42 Å². The maximum absolute atomic E-state index is 12.7. The number of H-pyrrole nitrogens is 1. The van der Waals surface area contributed by atoms with Gasteiger partial charge >= 0.3 is 0 Å². The molecule has 3 rings (SSSR count). The van der Waals surface area contributed by atoms with Crippen molar-refractivity contribution in [3.63, 3.8) is 0 Å². The Hall–Kier alpha value is -2.64. The van der Waals surface area contributed by atoms with Gasteiger partial charge in [-0.3, -0.25) is 5.10 Å². The first-order valence-corrected chi connectivity index (χ1v) is 12.2. The lowest BCUT2D eigenvalue weighted by Crippen LogP contribution is -2.26. The molecule has 1 aromatic heterocycles. The number of nitrogens with one attached hydrogen (secondary N) is 2. The number of ether oxygens (including phenoxy) is 1. The van der Waals surface area contributed by atoms with Crippen LogP contribution in [0.4, 0.5) is 0 Å². The van der Waals surface area contributed by atoms with Crippen molar-refractivity contribution in [2.75, 3.05) is 13.7 Å². The van der Waals surface area contributed by atoms with E-state index in [-0.39, 0.29) is 0 Å². The number of rotatable bonds is 11. The molecule has 0 fully saturated rings. The highest BCUT2D eigenvalue weighted by Gasteiger charge is 2.16. The summed E-state index contributed by atoms with van der Waals surface area (Å²) in [6.07, 6.45) is 5.01. The number of benzene rings is 2. The molecule has 0 aliphatic heterocycles. The van der Waals surface area contributed by atoms with Crippen molar-refractivity contribution < 1.29 is 13.2 Å². The summed E-state index contributed by atoms with van der Waals surface area (Å²) >= 11 is 0. The molecule has 0 saturated heterocycles. The summed E-state index contributed by atoms with van der Waals surface area (Å²) in [6, 6.07) is 14.9. The van der Waals surface area contributed by atoms with E-state index in [4.69, 9.17) is 4.74 Å². The average Bonchev–Trinajstić information content (AvgIpc) is 3.14. The van der Waals surface area contributed by atoms with Gasteiger partial charge in [-0.1, -0.05) is 31.9 Å². The summed E-state index contributed by atoms with van der Waals surface area (Å²) in [6.45, 7) is 4.41. The van der Waals surface area contributed by atoms with Gasteiger partial charge < -0.3 is 4.74 Å². The van der Waals surface area contributed by atoms with Gasteiger partial charge in [-0.25, -0.2) is 13.1 Å². The lowest BCUT2D eigenvalue weighted by molar-refractivity contribution is 0.415. The molecule has 0 saturated carbocycles. The highest BCUT2D eigenvalue weighted by atomic mass is 32.2. The molecule has 0 bridgehead atoms. The van der Waals surface area contributed by atoms with Crippen molar-refractivity contribution in [3.8, 4) is 17.0 Å². The second-order valence-electron chi connectivity index (χ2n) is 7.65. The standard InChI is InChI=1S/C24H31N3O3S/c1-4-5-6-7-19-8-14-22(15-9-19)31(28,29)25-17-16-23-18(2)26-27-24(23)20-10-12-21(30-3)13-11-20/h8-15,25H,4-7,16-17H2,1-3H3,(H,26,27). The molecule has 2 aromatic carbocycles. The fraction of sp³-hybridized carbons (Fsp3) is 0.375. The van der Waals surface area contributed by atoms with Gasteiger partial charge in [0.15, 0.2) is 0 Å². The van der Waals surface area contributed by atoms with Gasteiger partial charge in [0.25, 0.3) is 0 Å². The molecule has 0 amide bonds. The zero-order chi connectivity index (χ0) is 22.3. The number of hydrogen-bond acceptors (Lipinski definition) is 4. The second kappa shape index (κ2) is 10.6. The number of aromatic amines is 1. The molecule has 166 valence electrons. The van der Waals surface area contributed by atoms with Crippen LogP contribution in [0.2, 0.25) is 0 Å². The summed E-state index contributed by atoms with van der Waals surface area (Å²) in [5.41, 5.74) is 4.89. The molecule has 7 heteroatoms. The summed E-state index contributed by atoms with van der Waals surface area (Å²) in [4.78, 5) is 0.297. The number of hydrogen-bond donors (Lipinski definition) is 2. The van der Waals surface area contributed by atoms with Crippen LogP contribution in [0.15, 0.2) is 53.4 Å². The van der Waals surface area contributed by atoms with Gasteiger partial charge in [-0.05, 0) is 68.1 Å². The molecule has 0 aliphatic rings. The molecule has 1 heterocycles. The van der Waals surface area contributed by atoms with Crippen LogP contribution in [0, 0.1) is 6.92 Å². The van der Waals surface area contributed by atoms with E-state index >= 15 is 0 Å². The first-order chi connectivity index (χ1) is 14.9. The Morgan fingerprint density at radius 2 is 1.71 bits per heavy atom. The Kier molecular flexibility index (Phi) is 7.87. The van der Waals surface area contributed by atoms with Crippen LogP contribution in [-0.2, 0) is 22.9 Å². The monoisotopic (exact) mass is 441 g/mol. The van der Waals surface area contributed by atoms with Crippen LogP contribution in [0.25, 0.3) is 11.3 Å². The number of aryl methyl sites for hydroxylation is 2. The molecule has 3 aromatic rings. The summed E-state index contributed by atoms with van der Waals surface area (Å²) in [5, 5.41) is 7.42. The van der Waals surface area contributed by atoms with Crippen LogP contribution < -0.4 is 9.46 Å². The average molecular weight is 442 g/mol. The third-order valence-electron chi connectivity index (χ3n) is 5.41. The van der Waals surface area contributed by atoms with Crippen LogP contribution in [-0.4, -0.2) is 32.3 Å². The summed E-state index contributed by atoms with van der Waals surface area (Å²) in [5.74, 6) is 0.779. The van der Waals surface area contributed by atoms with Crippen LogP contribution in [0.5, 0.6) is 5.75 Å². The lowest BCUT2D eigenvalue weighted by atomic mass is 10.0. The third kappa shape index (κ3) is 5.95. The van der Waals surface area contributed by atoms with E-state index in [1.165, 1.54) is 18.4 Å². The molecule has 0 aliphatic carbocycles. The predicted octanol–water partition coefficient (Wildman–Crippen LogP) is 4.65. The maximum Gasteiger partial charge on any atom is 0.240 e. The van der Waals surface area contributed by atoms with Gasteiger partial charge in [-0.2, -0.15) is 5.10 Å². The number of unbranched alkanes of at least 4 members (excludes halogenated alkanes) is 2. The van der Waals surface area contributed by atoms with E-state index in [2.05, 4.69) is 21.8 Å². The van der Waals surface area contributed by atoms with Crippen LogP contribution in [0.1, 0.15) is 43.0 Å². The Morgan fingerprint density at radius 3 is 2.35 bits per heavy atom. The molecule has 31 heavy (non-hydrogen) atoms. The largest absolute Gasteiger partial charge is 0.497 e. The first-order valence-electron chi connectivity index (χ1n) is 10.7. The fourth-order valence-corrected chi connectivity index (χ4v) is 4.59. The normalized spacial score (nSPS) is 11.6. The van der Waals surface area contributed by atoms with E-state index in [1.54, 1.807) is 19.2 Å². The lowest BCUT2D eigenvalue weighted by Gasteiger charge is -2.09. The van der Waals surface area contributed by atoms with Gasteiger partial charge in [0.1, 0.15) is 5.75 Å². The van der Waals surface area contributed by atoms with Gasteiger partial charge in [0, 0.05) is 23.4 Å².